The van der Waals surface area contributed by atoms with Gasteiger partial charge < -0.3 is 14.6 Å². The number of hydrogen-bond acceptors (Lipinski definition) is 5. The second-order valence-electron chi connectivity index (χ2n) is 4.45. The average molecular weight is 242 g/mol. The molecule has 1 N–H and O–H groups in total. The van der Waals surface area contributed by atoms with E-state index in [1.54, 1.807) is 7.11 Å². The van der Waals surface area contributed by atoms with Gasteiger partial charge in [-0.15, -0.1) is 0 Å². The molecule has 0 radical (unpaired) electrons. The largest absolute Gasteiger partial charge is 0.389 e. The molecular weight excluding hydrogens is 220 g/mol. The SMILES string of the molecule is COCCOCC(O)CN1CCCC(C#N)C1. The van der Waals surface area contributed by atoms with Crippen LogP contribution in [0.3, 0.4) is 0 Å². The number of ether oxygens (including phenoxy) is 2. The minimum atomic E-state index is -0.482. The van der Waals surface area contributed by atoms with Gasteiger partial charge in [0.25, 0.3) is 0 Å². The molecule has 1 aliphatic heterocycles. The normalized spacial score (nSPS) is 23.2. The van der Waals surface area contributed by atoms with E-state index in [-0.39, 0.29) is 5.92 Å². The predicted molar refractivity (Wildman–Crippen MR) is 63.5 cm³/mol. The van der Waals surface area contributed by atoms with Gasteiger partial charge in [-0.2, -0.15) is 5.26 Å². The number of piperidine rings is 1. The van der Waals surface area contributed by atoms with E-state index in [0.29, 0.717) is 26.4 Å². The summed E-state index contributed by atoms with van der Waals surface area (Å²) in [6, 6.07) is 2.30. The zero-order valence-corrected chi connectivity index (χ0v) is 10.5. The lowest BCUT2D eigenvalue weighted by atomic mass is 9.99. The molecule has 17 heavy (non-hydrogen) atoms. The lowest BCUT2D eigenvalue weighted by Gasteiger charge is -2.30. The van der Waals surface area contributed by atoms with Crippen molar-refractivity contribution >= 4 is 0 Å². The number of nitrogens with zero attached hydrogens (tertiary/aromatic N) is 2. The van der Waals surface area contributed by atoms with Gasteiger partial charge in [0.2, 0.25) is 0 Å². The van der Waals surface area contributed by atoms with Gasteiger partial charge in [-0.3, -0.25) is 4.90 Å². The van der Waals surface area contributed by atoms with Crippen LogP contribution in [-0.4, -0.2) is 62.7 Å². The number of aliphatic hydroxyl groups is 1. The molecule has 5 nitrogen and oxygen atoms in total. The molecule has 0 aliphatic carbocycles. The molecule has 0 aromatic rings. The lowest BCUT2D eigenvalue weighted by molar-refractivity contribution is -0.00425. The third kappa shape index (κ3) is 5.99. The maximum absolute atomic E-state index is 9.77. The Morgan fingerprint density at radius 1 is 1.53 bits per heavy atom. The van der Waals surface area contributed by atoms with E-state index in [1.165, 1.54) is 0 Å². The van der Waals surface area contributed by atoms with Crippen LogP contribution < -0.4 is 0 Å². The minimum absolute atomic E-state index is 0.116. The lowest BCUT2D eigenvalue weighted by Crippen LogP contribution is -2.41. The summed E-state index contributed by atoms with van der Waals surface area (Å²) < 4.78 is 10.1. The first-order chi connectivity index (χ1) is 8.26. The fourth-order valence-corrected chi connectivity index (χ4v) is 2.04. The monoisotopic (exact) mass is 242 g/mol. The molecule has 0 aromatic carbocycles. The molecular formula is C12H22N2O3. The highest BCUT2D eigenvalue weighted by Crippen LogP contribution is 2.15. The second-order valence-corrected chi connectivity index (χ2v) is 4.45. The molecule has 2 atom stereocenters. The molecule has 0 amide bonds. The summed E-state index contributed by atoms with van der Waals surface area (Å²) in [6.45, 7) is 3.71. The average Bonchev–Trinajstić information content (AvgIpc) is 2.35. The quantitative estimate of drug-likeness (QED) is 0.648. The van der Waals surface area contributed by atoms with Gasteiger partial charge in [0.05, 0.1) is 37.9 Å². The predicted octanol–water partition coefficient (Wildman–Crippen LogP) is 0.246. The minimum Gasteiger partial charge on any atom is -0.389 e. The van der Waals surface area contributed by atoms with Crippen LogP contribution in [-0.2, 0) is 9.47 Å². The van der Waals surface area contributed by atoms with Crippen molar-refractivity contribution in [2.75, 3.05) is 46.6 Å². The van der Waals surface area contributed by atoms with Crippen molar-refractivity contribution in [3.8, 4) is 6.07 Å². The summed E-state index contributed by atoms with van der Waals surface area (Å²) in [6.07, 6.45) is 1.53. The Balaban J connectivity index is 2.12. The number of aliphatic hydroxyl groups excluding tert-OH is 1. The van der Waals surface area contributed by atoms with Crippen LogP contribution >= 0.6 is 0 Å². The maximum Gasteiger partial charge on any atom is 0.0900 e. The molecule has 1 rings (SSSR count). The Hall–Kier alpha value is -0.670. The third-order valence-corrected chi connectivity index (χ3v) is 2.90. The maximum atomic E-state index is 9.77. The number of likely N-dealkylation sites (tertiary alicyclic amines) is 1. The number of hydrogen-bond donors (Lipinski definition) is 1. The van der Waals surface area contributed by atoms with E-state index in [9.17, 15) is 5.11 Å². The molecule has 1 heterocycles. The van der Waals surface area contributed by atoms with Crippen molar-refractivity contribution < 1.29 is 14.6 Å². The zero-order chi connectivity index (χ0) is 12.5. The first-order valence-electron chi connectivity index (χ1n) is 6.13. The number of nitriles is 1. The molecule has 0 saturated carbocycles. The van der Waals surface area contributed by atoms with Crippen LogP contribution in [0.4, 0.5) is 0 Å². The first-order valence-corrected chi connectivity index (χ1v) is 6.13. The highest BCUT2D eigenvalue weighted by atomic mass is 16.5. The Labute approximate surface area is 103 Å². The highest BCUT2D eigenvalue weighted by molar-refractivity contribution is 4.88. The molecule has 0 spiro atoms. The van der Waals surface area contributed by atoms with Gasteiger partial charge in [-0.25, -0.2) is 0 Å². The first kappa shape index (κ1) is 14.4. The number of β-amino-alcohol motifs (C(OH)–C–C–N with tert-alkyl or cyclic N) is 1. The Bertz CT molecular complexity index is 242. The standard InChI is InChI=1S/C12H22N2O3/c1-16-5-6-17-10-12(15)9-14-4-2-3-11(7-13)8-14/h11-12,15H,2-6,8-10H2,1H3. The zero-order valence-electron chi connectivity index (χ0n) is 10.5. The molecule has 1 saturated heterocycles. The van der Waals surface area contributed by atoms with Crippen molar-refractivity contribution in [2.24, 2.45) is 5.92 Å². The molecule has 2 unspecified atom stereocenters. The third-order valence-electron chi connectivity index (χ3n) is 2.90. The van der Waals surface area contributed by atoms with Crippen LogP contribution in [0.15, 0.2) is 0 Å². The fraction of sp³-hybridized carbons (Fsp3) is 0.917. The van der Waals surface area contributed by atoms with Crippen molar-refractivity contribution in [3.05, 3.63) is 0 Å². The van der Waals surface area contributed by atoms with Crippen LogP contribution in [0.2, 0.25) is 0 Å². The summed E-state index contributed by atoms with van der Waals surface area (Å²) in [5.74, 6) is 0.116. The van der Waals surface area contributed by atoms with E-state index in [2.05, 4.69) is 11.0 Å². The van der Waals surface area contributed by atoms with E-state index in [4.69, 9.17) is 14.7 Å². The smallest absolute Gasteiger partial charge is 0.0900 e. The molecule has 98 valence electrons. The van der Waals surface area contributed by atoms with Gasteiger partial charge in [-0.05, 0) is 19.4 Å². The highest BCUT2D eigenvalue weighted by Gasteiger charge is 2.21. The van der Waals surface area contributed by atoms with Crippen molar-refractivity contribution in [2.45, 2.75) is 18.9 Å². The van der Waals surface area contributed by atoms with E-state index < -0.39 is 6.10 Å². The summed E-state index contributed by atoms with van der Waals surface area (Å²) in [5.41, 5.74) is 0. The fourth-order valence-electron chi connectivity index (χ4n) is 2.04. The van der Waals surface area contributed by atoms with Gasteiger partial charge in [0, 0.05) is 20.2 Å². The number of methoxy groups -OCH3 is 1. The van der Waals surface area contributed by atoms with E-state index in [0.717, 1.165) is 25.9 Å². The molecule has 0 aromatic heterocycles. The second kappa shape index (κ2) is 8.43. The molecule has 1 aliphatic rings. The van der Waals surface area contributed by atoms with Crippen LogP contribution in [0.5, 0.6) is 0 Å². The topological polar surface area (TPSA) is 65.7 Å². The van der Waals surface area contributed by atoms with Crippen LogP contribution in [0, 0.1) is 17.2 Å². The molecule has 0 bridgehead atoms. The van der Waals surface area contributed by atoms with Crippen molar-refractivity contribution in [3.63, 3.8) is 0 Å². The summed E-state index contributed by atoms with van der Waals surface area (Å²) in [7, 11) is 1.62. The van der Waals surface area contributed by atoms with Gasteiger partial charge in [-0.1, -0.05) is 0 Å². The van der Waals surface area contributed by atoms with Crippen LogP contribution in [0.25, 0.3) is 0 Å². The summed E-state index contributed by atoms with van der Waals surface area (Å²) in [4.78, 5) is 2.14. The molecule has 1 fully saturated rings. The Kier molecular flexibility index (Phi) is 7.13. The van der Waals surface area contributed by atoms with Gasteiger partial charge >= 0.3 is 0 Å². The van der Waals surface area contributed by atoms with Gasteiger partial charge in [0.1, 0.15) is 0 Å². The van der Waals surface area contributed by atoms with Gasteiger partial charge in [0.15, 0.2) is 0 Å². The summed E-state index contributed by atoms with van der Waals surface area (Å²) in [5, 5.41) is 18.6. The van der Waals surface area contributed by atoms with E-state index in [1.807, 2.05) is 0 Å². The molecule has 5 heteroatoms. The van der Waals surface area contributed by atoms with Crippen molar-refractivity contribution in [1.29, 1.82) is 5.26 Å². The number of rotatable bonds is 7. The van der Waals surface area contributed by atoms with E-state index >= 15 is 0 Å². The Morgan fingerprint density at radius 2 is 2.35 bits per heavy atom. The van der Waals surface area contributed by atoms with Crippen molar-refractivity contribution in [1.82, 2.24) is 4.90 Å². The summed E-state index contributed by atoms with van der Waals surface area (Å²) >= 11 is 0. The Morgan fingerprint density at radius 3 is 3.06 bits per heavy atom. The van der Waals surface area contributed by atoms with Crippen LogP contribution in [0.1, 0.15) is 12.8 Å².